The third-order valence-electron chi connectivity index (χ3n) is 2.68. The number of nitrogens with two attached hydrogens (primary N) is 1. The lowest BCUT2D eigenvalue weighted by Crippen LogP contribution is -2.25. The molecule has 1 aliphatic heterocycles. The molecule has 2 rings (SSSR count). The summed E-state index contributed by atoms with van der Waals surface area (Å²) in [6, 6.07) is 7.39. The van der Waals surface area contributed by atoms with Crippen LogP contribution in [0.4, 0.5) is 5.69 Å². The highest BCUT2D eigenvalue weighted by Gasteiger charge is 2.30. The van der Waals surface area contributed by atoms with Gasteiger partial charge in [-0.25, -0.2) is 0 Å². The zero-order chi connectivity index (χ0) is 10.8. The molecule has 0 radical (unpaired) electrons. The van der Waals surface area contributed by atoms with Crippen molar-refractivity contribution in [1.82, 2.24) is 0 Å². The minimum absolute atomic E-state index is 0.110. The van der Waals surface area contributed by atoms with Gasteiger partial charge in [-0.3, -0.25) is 4.79 Å². The molecule has 1 heterocycles. The molecule has 1 aliphatic rings. The van der Waals surface area contributed by atoms with Gasteiger partial charge >= 0.3 is 0 Å². The van der Waals surface area contributed by atoms with Gasteiger partial charge in [-0.1, -0.05) is 23.7 Å². The topological polar surface area (TPSA) is 46.3 Å². The Morgan fingerprint density at radius 3 is 2.80 bits per heavy atom. The predicted octanol–water partition coefficient (Wildman–Crippen LogP) is 1.65. The van der Waals surface area contributed by atoms with Crippen molar-refractivity contribution in [3.8, 4) is 0 Å². The molecular weight excluding hydrogens is 212 g/mol. The van der Waals surface area contributed by atoms with Crippen LogP contribution in [0, 0.1) is 5.92 Å². The minimum atomic E-state index is 0.110. The van der Waals surface area contributed by atoms with Gasteiger partial charge in [0.15, 0.2) is 0 Å². The van der Waals surface area contributed by atoms with Crippen LogP contribution in [0.2, 0.25) is 5.02 Å². The zero-order valence-corrected chi connectivity index (χ0v) is 9.07. The molecule has 0 bridgehead atoms. The van der Waals surface area contributed by atoms with Crippen molar-refractivity contribution >= 4 is 23.2 Å². The first kappa shape index (κ1) is 10.5. The third kappa shape index (κ3) is 1.98. The summed E-state index contributed by atoms with van der Waals surface area (Å²) in [5.41, 5.74) is 6.35. The molecule has 1 aromatic carbocycles. The van der Waals surface area contributed by atoms with E-state index >= 15 is 0 Å². The largest absolute Gasteiger partial charge is 0.330 e. The number of para-hydroxylation sites is 1. The van der Waals surface area contributed by atoms with Crippen molar-refractivity contribution in [1.29, 1.82) is 0 Å². The highest BCUT2D eigenvalue weighted by Crippen LogP contribution is 2.30. The van der Waals surface area contributed by atoms with E-state index in [2.05, 4.69) is 0 Å². The van der Waals surface area contributed by atoms with Crippen molar-refractivity contribution in [2.24, 2.45) is 11.7 Å². The second kappa shape index (κ2) is 4.21. The van der Waals surface area contributed by atoms with E-state index < -0.39 is 0 Å². The second-order valence-corrected chi connectivity index (χ2v) is 4.17. The highest BCUT2D eigenvalue weighted by atomic mass is 35.5. The van der Waals surface area contributed by atoms with Crippen molar-refractivity contribution in [2.45, 2.75) is 6.42 Å². The minimum Gasteiger partial charge on any atom is -0.330 e. The van der Waals surface area contributed by atoms with E-state index in [0.717, 1.165) is 5.69 Å². The number of anilines is 1. The molecule has 4 heteroatoms. The Morgan fingerprint density at radius 2 is 2.20 bits per heavy atom. The van der Waals surface area contributed by atoms with Crippen LogP contribution in [-0.2, 0) is 4.79 Å². The van der Waals surface area contributed by atoms with E-state index in [1.54, 1.807) is 11.0 Å². The van der Waals surface area contributed by atoms with Crippen LogP contribution in [0.5, 0.6) is 0 Å². The summed E-state index contributed by atoms with van der Waals surface area (Å²) >= 11 is 6.04. The van der Waals surface area contributed by atoms with Crippen LogP contribution in [0.3, 0.4) is 0 Å². The lowest BCUT2D eigenvalue weighted by molar-refractivity contribution is -0.117. The zero-order valence-electron chi connectivity index (χ0n) is 8.32. The first-order chi connectivity index (χ1) is 7.22. The number of rotatable bonds is 2. The van der Waals surface area contributed by atoms with Crippen LogP contribution in [0.25, 0.3) is 0 Å². The monoisotopic (exact) mass is 224 g/mol. The number of benzene rings is 1. The molecule has 1 saturated heterocycles. The Morgan fingerprint density at radius 1 is 1.47 bits per heavy atom. The SMILES string of the molecule is NCC1CC(=O)N(c2ccccc2Cl)C1. The fraction of sp³-hybridized carbons (Fsp3) is 0.364. The number of hydrogen-bond donors (Lipinski definition) is 1. The average Bonchev–Trinajstić information content (AvgIpc) is 2.60. The fourth-order valence-electron chi connectivity index (χ4n) is 1.84. The number of halogens is 1. The van der Waals surface area contributed by atoms with Crippen molar-refractivity contribution in [3.63, 3.8) is 0 Å². The molecule has 0 spiro atoms. The Labute approximate surface area is 93.8 Å². The number of amides is 1. The van der Waals surface area contributed by atoms with Crippen molar-refractivity contribution in [3.05, 3.63) is 29.3 Å². The van der Waals surface area contributed by atoms with Gasteiger partial charge in [0, 0.05) is 13.0 Å². The van der Waals surface area contributed by atoms with Crippen LogP contribution in [-0.4, -0.2) is 19.0 Å². The van der Waals surface area contributed by atoms with Gasteiger partial charge in [-0.05, 0) is 24.6 Å². The molecule has 0 aliphatic carbocycles. The number of carbonyl (C=O) groups is 1. The van der Waals surface area contributed by atoms with E-state index in [1.165, 1.54) is 0 Å². The molecule has 1 unspecified atom stereocenters. The van der Waals surface area contributed by atoms with E-state index in [4.69, 9.17) is 17.3 Å². The number of hydrogen-bond acceptors (Lipinski definition) is 2. The standard InChI is InChI=1S/C11H13ClN2O/c12-9-3-1-2-4-10(9)14-7-8(6-13)5-11(14)15/h1-4,8H,5-7,13H2. The van der Waals surface area contributed by atoms with Gasteiger partial charge in [0.25, 0.3) is 0 Å². The van der Waals surface area contributed by atoms with Crippen LogP contribution >= 0.6 is 11.6 Å². The van der Waals surface area contributed by atoms with Crippen LogP contribution in [0.15, 0.2) is 24.3 Å². The Balaban J connectivity index is 2.25. The van der Waals surface area contributed by atoms with Crippen LogP contribution < -0.4 is 10.6 Å². The fourth-order valence-corrected chi connectivity index (χ4v) is 2.08. The van der Waals surface area contributed by atoms with E-state index in [1.807, 2.05) is 18.2 Å². The maximum absolute atomic E-state index is 11.7. The summed E-state index contributed by atoms with van der Waals surface area (Å²) in [6.07, 6.45) is 0.529. The molecular formula is C11H13ClN2O. The molecule has 1 amide bonds. The van der Waals surface area contributed by atoms with Gasteiger partial charge in [-0.2, -0.15) is 0 Å². The molecule has 1 atom stereocenters. The molecule has 80 valence electrons. The van der Waals surface area contributed by atoms with Gasteiger partial charge in [0.05, 0.1) is 10.7 Å². The summed E-state index contributed by atoms with van der Waals surface area (Å²) in [7, 11) is 0. The summed E-state index contributed by atoms with van der Waals surface area (Å²) < 4.78 is 0. The van der Waals surface area contributed by atoms with E-state index in [0.29, 0.717) is 24.5 Å². The smallest absolute Gasteiger partial charge is 0.227 e. The number of nitrogens with zero attached hydrogens (tertiary/aromatic N) is 1. The van der Waals surface area contributed by atoms with E-state index in [9.17, 15) is 4.79 Å². The third-order valence-corrected chi connectivity index (χ3v) is 3.00. The Bertz CT molecular complexity index is 381. The highest BCUT2D eigenvalue weighted by molar-refractivity contribution is 6.33. The van der Waals surface area contributed by atoms with Crippen molar-refractivity contribution < 1.29 is 4.79 Å². The molecule has 3 nitrogen and oxygen atoms in total. The molecule has 15 heavy (non-hydrogen) atoms. The normalized spacial score (nSPS) is 21.1. The summed E-state index contributed by atoms with van der Waals surface area (Å²) in [5.74, 6) is 0.368. The van der Waals surface area contributed by atoms with Gasteiger partial charge in [-0.15, -0.1) is 0 Å². The first-order valence-electron chi connectivity index (χ1n) is 4.97. The first-order valence-corrected chi connectivity index (χ1v) is 5.35. The lowest BCUT2D eigenvalue weighted by atomic mass is 10.1. The molecule has 1 fully saturated rings. The van der Waals surface area contributed by atoms with Crippen molar-refractivity contribution in [2.75, 3.05) is 18.0 Å². The predicted molar refractivity (Wildman–Crippen MR) is 61.0 cm³/mol. The van der Waals surface area contributed by atoms with Gasteiger partial charge < -0.3 is 10.6 Å². The van der Waals surface area contributed by atoms with Gasteiger partial charge in [0.1, 0.15) is 0 Å². The maximum Gasteiger partial charge on any atom is 0.227 e. The average molecular weight is 225 g/mol. The summed E-state index contributed by atoms with van der Waals surface area (Å²) in [4.78, 5) is 13.4. The van der Waals surface area contributed by atoms with E-state index in [-0.39, 0.29) is 11.8 Å². The van der Waals surface area contributed by atoms with Crippen LogP contribution in [0.1, 0.15) is 6.42 Å². The molecule has 2 N–H and O–H groups in total. The molecule has 0 aromatic heterocycles. The Hall–Kier alpha value is -1.06. The van der Waals surface area contributed by atoms with Gasteiger partial charge in [0.2, 0.25) is 5.91 Å². The second-order valence-electron chi connectivity index (χ2n) is 3.76. The molecule has 0 saturated carbocycles. The summed E-state index contributed by atoms with van der Waals surface area (Å²) in [5, 5.41) is 0.614. The lowest BCUT2D eigenvalue weighted by Gasteiger charge is -2.17. The number of carbonyl (C=O) groups excluding carboxylic acids is 1. The summed E-state index contributed by atoms with van der Waals surface area (Å²) in [6.45, 7) is 1.23. The molecule has 1 aromatic rings. The quantitative estimate of drug-likeness (QED) is 0.831. The Kier molecular flexibility index (Phi) is 2.93. The maximum atomic E-state index is 11.7.